The van der Waals surface area contributed by atoms with Crippen molar-refractivity contribution in [3.05, 3.63) is 64.7 Å². The highest BCUT2D eigenvalue weighted by Gasteiger charge is 2.26. The number of likely N-dealkylation sites (tertiary alicyclic amines) is 1. The van der Waals surface area contributed by atoms with Crippen molar-refractivity contribution >= 4 is 17.6 Å². The molecule has 1 N–H and O–H groups in total. The Labute approximate surface area is 166 Å². The van der Waals surface area contributed by atoms with E-state index in [2.05, 4.69) is 41.4 Å². The fourth-order valence-corrected chi connectivity index (χ4v) is 3.72. The highest BCUT2D eigenvalue weighted by atomic mass is 16.5. The average molecular weight is 380 g/mol. The Morgan fingerprint density at radius 3 is 2.46 bits per heavy atom. The van der Waals surface area contributed by atoms with Gasteiger partial charge in [0.2, 0.25) is 5.91 Å². The van der Waals surface area contributed by atoms with E-state index in [0.717, 1.165) is 38.0 Å². The highest BCUT2D eigenvalue weighted by molar-refractivity contribution is 5.97. The number of anilines is 1. The van der Waals surface area contributed by atoms with E-state index in [9.17, 15) is 9.59 Å². The Balaban J connectivity index is 1.57. The van der Waals surface area contributed by atoms with Gasteiger partial charge >= 0.3 is 5.97 Å². The standard InChI is InChI=1S/C23H28N2O3/c1-16-7-4-5-8-19(16)15-25-13-11-18(12-14-25)22(26)24-21-10-6-9-20(17(21)2)23(27)28-3/h4-10,18H,11-15H2,1-3H3,(H,24,26). The van der Waals surface area contributed by atoms with Crippen LogP contribution in [-0.4, -0.2) is 37.0 Å². The van der Waals surface area contributed by atoms with Crippen LogP contribution >= 0.6 is 0 Å². The van der Waals surface area contributed by atoms with E-state index >= 15 is 0 Å². The van der Waals surface area contributed by atoms with Gasteiger partial charge in [-0.3, -0.25) is 9.69 Å². The lowest BCUT2D eigenvalue weighted by Crippen LogP contribution is -2.38. The smallest absolute Gasteiger partial charge is 0.338 e. The van der Waals surface area contributed by atoms with Gasteiger partial charge in [-0.2, -0.15) is 0 Å². The van der Waals surface area contributed by atoms with Crippen molar-refractivity contribution in [1.29, 1.82) is 0 Å². The van der Waals surface area contributed by atoms with Gasteiger partial charge in [-0.05, 0) is 68.6 Å². The number of nitrogens with zero attached hydrogens (tertiary/aromatic N) is 1. The van der Waals surface area contributed by atoms with E-state index in [-0.39, 0.29) is 11.8 Å². The molecular formula is C23H28N2O3. The zero-order valence-corrected chi connectivity index (χ0v) is 16.8. The number of nitrogens with one attached hydrogen (secondary N) is 1. The molecule has 1 heterocycles. The van der Waals surface area contributed by atoms with E-state index in [4.69, 9.17) is 4.74 Å². The van der Waals surface area contributed by atoms with E-state index < -0.39 is 5.97 Å². The maximum Gasteiger partial charge on any atom is 0.338 e. The van der Waals surface area contributed by atoms with Gasteiger partial charge in [-0.15, -0.1) is 0 Å². The van der Waals surface area contributed by atoms with Gasteiger partial charge in [-0.25, -0.2) is 4.79 Å². The zero-order chi connectivity index (χ0) is 20.1. The molecular weight excluding hydrogens is 352 g/mol. The number of methoxy groups -OCH3 is 1. The van der Waals surface area contributed by atoms with Crippen LogP contribution in [0, 0.1) is 19.8 Å². The second-order valence-electron chi connectivity index (χ2n) is 7.44. The lowest BCUT2D eigenvalue weighted by Gasteiger charge is -2.31. The maximum absolute atomic E-state index is 12.7. The molecule has 1 aliphatic rings. The van der Waals surface area contributed by atoms with Gasteiger partial charge in [-0.1, -0.05) is 30.3 Å². The molecule has 3 rings (SSSR count). The van der Waals surface area contributed by atoms with Crippen molar-refractivity contribution in [3.63, 3.8) is 0 Å². The molecule has 148 valence electrons. The van der Waals surface area contributed by atoms with Crippen LogP contribution in [0.1, 0.15) is 39.9 Å². The van der Waals surface area contributed by atoms with E-state index in [1.807, 2.05) is 13.0 Å². The van der Waals surface area contributed by atoms with Gasteiger partial charge in [0.25, 0.3) is 0 Å². The molecule has 2 aromatic carbocycles. The highest BCUT2D eigenvalue weighted by Crippen LogP contribution is 2.24. The Hall–Kier alpha value is -2.66. The summed E-state index contributed by atoms with van der Waals surface area (Å²) < 4.78 is 4.81. The van der Waals surface area contributed by atoms with Crippen molar-refractivity contribution < 1.29 is 14.3 Å². The second kappa shape index (κ2) is 9.02. The fourth-order valence-electron chi connectivity index (χ4n) is 3.72. The fraction of sp³-hybridized carbons (Fsp3) is 0.391. The minimum atomic E-state index is -0.391. The molecule has 0 aliphatic carbocycles. The van der Waals surface area contributed by atoms with Crippen LogP contribution in [0.4, 0.5) is 5.69 Å². The van der Waals surface area contributed by atoms with E-state index in [1.54, 1.807) is 12.1 Å². The molecule has 0 saturated carbocycles. The van der Waals surface area contributed by atoms with Crippen LogP contribution in [0.5, 0.6) is 0 Å². The number of piperidine rings is 1. The predicted octanol–water partition coefficient (Wildman–Crippen LogP) is 3.94. The number of hydrogen-bond acceptors (Lipinski definition) is 4. The Kier molecular flexibility index (Phi) is 6.47. The van der Waals surface area contributed by atoms with Crippen LogP contribution in [0.25, 0.3) is 0 Å². The summed E-state index contributed by atoms with van der Waals surface area (Å²) in [7, 11) is 1.36. The van der Waals surface area contributed by atoms with E-state index in [0.29, 0.717) is 11.3 Å². The largest absolute Gasteiger partial charge is 0.465 e. The first-order valence-corrected chi connectivity index (χ1v) is 9.75. The quantitative estimate of drug-likeness (QED) is 0.798. The van der Waals surface area contributed by atoms with E-state index in [1.165, 1.54) is 18.2 Å². The van der Waals surface area contributed by atoms with Crippen molar-refractivity contribution in [2.75, 3.05) is 25.5 Å². The summed E-state index contributed by atoms with van der Waals surface area (Å²) in [6.07, 6.45) is 1.68. The summed E-state index contributed by atoms with van der Waals surface area (Å²) in [5.41, 5.74) is 4.55. The summed E-state index contributed by atoms with van der Waals surface area (Å²) in [5, 5.41) is 3.01. The van der Waals surface area contributed by atoms with Gasteiger partial charge < -0.3 is 10.1 Å². The summed E-state index contributed by atoms with van der Waals surface area (Å²) >= 11 is 0. The van der Waals surface area contributed by atoms with Crippen LogP contribution in [-0.2, 0) is 16.1 Å². The number of benzene rings is 2. The molecule has 1 aliphatic heterocycles. The van der Waals surface area contributed by atoms with Crippen LogP contribution in [0.3, 0.4) is 0 Å². The summed E-state index contributed by atoms with van der Waals surface area (Å²) in [4.78, 5) is 27.0. The molecule has 0 unspecified atom stereocenters. The minimum absolute atomic E-state index is 0.00527. The number of amides is 1. The molecule has 0 bridgehead atoms. The Morgan fingerprint density at radius 2 is 1.79 bits per heavy atom. The van der Waals surface area contributed by atoms with Gasteiger partial charge in [0, 0.05) is 18.2 Å². The van der Waals surface area contributed by atoms with Crippen molar-refractivity contribution in [2.45, 2.75) is 33.2 Å². The van der Waals surface area contributed by atoms with Gasteiger partial charge in [0.05, 0.1) is 12.7 Å². The first-order chi connectivity index (χ1) is 13.5. The molecule has 0 aromatic heterocycles. The number of carbonyl (C=O) groups excluding carboxylic acids is 2. The predicted molar refractivity (Wildman–Crippen MR) is 110 cm³/mol. The SMILES string of the molecule is COC(=O)c1cccc(NC(=O)C2CCN(Cc3ccccc3C)CC2)c1C. The zero-order valence-electron chi connectivity index (χ0n) is 16.8. The molecule has 5 heteroatoms. The molecule has 0 spiro atoms. The van der Waals surface area contributed by atoms with Crippen LogP contribution < -0.4 is 5.32 Å². The van der Waals surface area contributed by atoms with Crippen molar-refractivity contribution in [1.82, 2.24) is 4.90 Å². The molecule has 1 saturated heterocycles. The molecule has 5 nitrogen and oxygen atoms in total. The summed E-state index contributed by atoms with van der Waals surface area (Å²) in [6, 6.07) is 13.7. The molecule has 0 radical (unpaired) electrons. The number of hydrogen-bond donors (Lipinski definition) is 1. The third-order valence-corrected chi connectivity index (χ3v) is 5.61. The monoisotopic (exact) mass is 380 g/mol. The molecule has 2 aromatic rings. The van der Waals surface area contributed by atoms with Crippen LogP contribution in [0.2, 0.25) is 0 Å². The Morgan fingerprint density at radius 1 is 1.07 bits per heavy atom. The number of ether oxygens (including phenoxy) is 1. The number of carbonyl (C=O) groups is 2. The van der Waals surface area contributed by atoms with Gasteiger partial charge in [0.15, 0.2) is 0 Å². The first-order valence-electron chi connectivity index (χ1n) is 9.75. The third-order valence-electron chi connectivity index (χ3n) is 5.61. The van der Waals surface area contributed by atoms with Crippen molar-refractivity contribution in [3.8, 4) is 0 Å². The molecule has 28 heavy (non-hydrogen) atoms. The molecule has 0 atom stereocenters. The van der Waals surface area contributed by atoms with Crippen molar-refractivity contribution in [2.24, 2.45) is 5.92 Å². The molecule has 1 fully saturated rings. The number of aryl methyl sites for hydroxylation is 1. The van der Waals surface area contributed by atoms with Gasteiger partial charge in [0.1, 0.15) is 0 Å². The Bertz CT molecular complexity index is 855. The minimum Gasteiger partial charge on any atom is -0.465 e. The summed E-state index contributed by atoms with van der Waals surface area (Å²) in [6.45, 7) is 6.72. The lowest BCUT2D eigenvalue weighted by molar-refractivity contribution is -0.121. The number of rotatable bonds is 5. The normalized spacial score (nSPS) is 15.2. The second-order valence-corrected chi connectivity index (χ2v) is 7.44. The topological polar surface area (TPSA) is 58.6 Å². The first kappa shape index (κ1) is 20.1. The van der Waals surface area contributed by atoms with Crippen LogP contribution in [0.15, 0.2) is 42.5 Å². The summed E-state index contributed by atoms with van der Waals surface area (Å²) in [5.74, 6) is -0.368. The lowest BCUT2D eigenvalue weighted by atomic mass is 9.95. The maximum atomic E-state index is 12.7. The number of esters is 1. The average Bonchev–Trinajstić information content (AvgIpc) is 2.71. The molecule has 1 amide bonds. The third kappa shape index (κ3) is 4.60.